The van der Waals surface area contributed by atoms with Gasteiger partial charge in [-0.15, -0.1) is 8.78 Å². The van der Waals surface area contributed by atoms with E-state index in [1.165, 1.54) is 18.2 Å². The number of aryl methyl sites for hydroxylation is 1. The van der Waals surface area contributed by atoms with Gasteiger partial charge in [0.05, 0.1) is 6.42 Å². The maximum absolute atomic E-state index is 13.0. The van der Waals surface area contributed by atoms with E-state index in [0.29, 0.717) is 0 Å². The summed E-state index contributed by atoms with van der Waals surface area (Å²) in [7, 11) is 0. The Balaban J connectivity index is 1.49. The third kappa shape index (κ3) is 4.47. The van der Waals surface area contributed by atoms with Crippen molar-refractivity contribution >= 4 is 17.6 Å². The lowest BCUT2D eigenvalue weighted by Crippen LogP contribution is -2.25. The second-order valence-corrected chi connectivity index (χ2v) is 5.70. The van der Waals surface area contributed by atoms with Gasteiger partial charge in [-0.25, -0.2) is 0 Å². The smallest absolute Gasteiger partial charge is 0.455 e. The van der Waals surface area contributed by atoms with Crippen LogP contribution in [0.2, 0.25) is 0 Å². The summed E-state index contributed by atoms with van der Waals surface area (Å²) < 4.78 is 39.4. The maximum Gasteiger partial charge on any atom is 0.586 e. The van der Waals surface area contributed by atoms with Gasteiger partial charge in [-0.1, -0.05) is 29.8 Å². The van der Waals surface area contributed by atoms with E-state index in [4.69, 9.17) is 4.74 Å². The first-order valence-electron chi connectivity index (χ1n) is 7.72. The Morgan fingerprint density at radius 1 is 1.08 bits per heavy atom. The fraction of sp³-hybridized carbons (Fsp3) is 0.222. The molecule has 1 aliphatic heterocycles. The van der Waals surface area contributed by atoms with Gasteiger partial charge in [0.2, 0.25) is 0 Å². The van der Waals surface area contributed by atoms with Gasteiger partial charge < -0.3 is 19.5 Å². The number of rotatable bonds is 5. The molecule has 0 spiro atoms. The molecular weight excluding hydrogens is 348 g/mol. The van der Waals surface area contributed by atoms with E-state index in [0.717, 1.165) is 11.1 Å². The molecule has 0 atom stereocenters. The number of hydrogen-bond donors (Lipinski definition) is 1. The van der Waals surface area contributed by atoms with Crippen molar-refractivity contribution in [3.8, 4) is 11.5 Å². The molecule has 136 valence electrons. The van der Waals surface area contributed by atoms with E-state index in [1.807, 2.05) is 19.1 Å². The van der Waals surface area contributed by atoms with Crippen molar-refractivity contribution in [1.29, 1.82) is 0 Å². The van der Waals surface area contributed by atoms with E-state index in [9.17, 15) is 18.4 Å². The van der Waals surface area contributed by atoms with Crippen molar-refractivity contribution in [1.82, 2.24) is 0 Å². The zero-order chi connectivity index (χ0) is 18.7. The standard InChI is InChI=1S/C18H15F2NO5/c1-11-2-4-12(5-3-11)8-17(23)24-10-16(22)21-13-6-7-14-15(9-13)26-18(19,20)25-14/h2-7,9H,8,10H2,1H3,(H,21,22). The Hall–Kier alpha value is -3.16. The number of benzene rings is 2. The molecule has 1 aliphatic rings. The summed E-state index contributed by atoms with van der Waals surface area (Å²) in [6.07, 6.45) is -3.68. The molecule has 0 bridgehead atoms. The van der Waals surface area contributed by atoms with Crippen LogP contribution in [0.3, 0.4) is 0 Å². The van der Waals surface area contributed by atoms with Crippen LogP contribution in [0.4, 0.5) is 14.5 Å². The SMILES string of the molecule is Cc1ccc(CC(=O)OCC(=O)Nc2ccc3c(c2)OC(F)(F)O3)cc1. The predicted molar refractivity (Wildman–Crippen MR) is 87.1 cm³/mol. The van der Waals surface area contributed by atoms with Crippen LogP contribution < -0.4 is 14.8 Å². The molecule has 0 unspecified atom stereocenters. The zero-order valence-electron chi connectivity index (χ0n) is 13.8. The van der Waals surface area contributed by atoms with Crippen molar-refractivity contribution < 1.29 is 32.6 Å². The van der Waals surface area contributed by atoms with Gasteiger partial charge in [0, 0.05) is 11.8 Å². The van der Waals surface area contributed by atoms with E-state index in [-0.39, 0.29) is 23.6 Å². The van der Waals surface area contributed by atoms with Crippen molar-refractivity contribution in [2.24, 2.45) is 0 Å². The molecule has 0 radical (unpaired) electrons. The lowest BCUT2D eigenvalue weighted by Gasteiger charge is -2.07. The minimum absolute atomic E-state index is 0.0483. The highest BCUT2D eigenvalue weighted by molar-refractivity contribution is 5.93. The van der Waals surface area contributed by atoms with Gasteiger partial charge in [0.25, 0.3) is 5.91 Å². The molecule has 6 nitrogen and oxygen atoms in total. The number of alkyl halides is 2. The monoisotopic (exact) mass is 363 g/mol. The Morgan fingerprint density at radius 3 is 2.50 bits per heavy atom. The van der Waals surface area contributed by atoms with Crippen molar-refractivity contribution in [3.63, 3.8) is 0 Å². The largest absolute Gasteiger partial charge is 0.586 e. The molecule has 0 fully saturated rings. The fourth-order valence-electron chi connectivity index (χ4n) is 2.29. The van der Waals surface area contributed by atoms with Crippen LogP contribution in [-0.2, 0) is 20.7 Å². The number of carbonyl (C=O) groups excluding carboxylic acids is 2. The molecule has 2 aromatic rings. The summed E-state index contributed by atoms with van der Waals surface area (Å²) in [5.41, 5.74) is 2.06. The zero-order valence-corrected chi connectivity index (χ0v) is 13.8. The van der Waals surface area contributed by atoms with Gasteiger partial charge in [-0.05, 0) is 24.6 Å². The second-order valence-electron chi connectivity index (χ2n) is 5.70. The summed E-state index contributed by atoms with van der Waals surface area (Å²) in [6, 6.07) is 11.2. The average Bonchev–Trinajstić information content (AvgIpc) is 2.88. The van der Waals surface area contributed by atoms with Crippen molar-refractivity contribution in [3.05, 3.63) is 53.6 Å². The summed E-state index contributed by atoms with van der Waals surface area (Å²) >= 11 is 0. The minimum Gasteiger partial charge on any atom is -0.455 e. The highest BCUT2D eigenvalue weighted by atomic mass is 19.3. The normalized spacial score (nSPS) is 14.0. The number of carbonyl (C=O) groups is 2. The summed E-state index contributed by atoms with van der Waals surface area (Å²) in [5.74, 6) is -1.47. The molecule has 1 N–H and O–H groups in total. The predicted octanol–water partition coefficient (Wildman–Crippen LogP) is 3.04. The number of nitrogens with one attached hydrogen (secondary N) is 1. The molecule has 26 heavy (non-hydrogen) atoms. The van der Waals surface area contributed by atoms with Gasteiger partial charge >= 0.3 is 12.3 Å². The van der Waals surface area contributed by atoms with Crippen LogP contribution in [0.1, 0.15) is 11.1 Å². The van der Waals surface area contributed by atoms with Crippen LogP contribution in [0.15, 0.2) is 42.5 Å². The quantitative estimate of drug-likeness (QED) is 0.827. The third-order valence-electron chi connectivity index (χ3n) is 3.52. The third-order valence-corrected chi connectivity index (χ3v) is 3.52. The first-order valence-corrected chi connectivity index (χ1v) is 7.72. The highest BCUT2D eigenvalue weighted by Gasteiger charge is 2.43. The molecule has 0 aromatic heterocycles. The number of anilines is 1. The van der Waals surface area contributed by atoms with E-state index >= 15 is 0 Å². The number of fused-ring (bicyclic) bond motifs is 1. The number of hydrogen-bond acceptors (Lipinski definition) is 5. The van der Waals surface area contributed by atoms with Crippen molar-refractivity contribution in [2.45, 2.75) is 19.6 Å². The molecule has 0 aliphatic carbocycles. The van der Waals surface area contributed by atoms with E-state index < -0.39 is 24.8 Å². The topological polar surface area (TPSA) is 73.9 Å². The van der Waals surface area contributed by atoms with Crippen LogP contribution in [0, 0.1) is 6.92 Å². The van der Waals surface area contributed by atoms with Crippen LogP contribution >= 0.6 is 0 Å². The average molecular weight is 363 g/mol. The maximum atomic E-state index is 13.0. The Labute approximate surface area is 147 Å². The first-order chi connectivity index (χ1) is 12.3. The lowest BCUT2D eigenvalue weighted by atomic mass is 10.1. The molecule has 1 heterocycles. The minimum atomic E-state index is -3.73. The molecule has 2 aromatic carbocycles. The van der Waals surface area contributed by atoms with E-state index in [2.05, 4.69) is 14.8 Å². The van der Waals surface area contributed by atoms with Crippen LogP contribution in [0.25, 0.3) is 0 Å². The summed E-state index contributed by atoms with van der Waals surface area (Å²) in [6.45, 7) is 1.44. The molecule has 0 saturated carbocycles. The molecule has 0 saturated heterocycles. The molecule has 1 amide bonds. The number of ether oxygens (including phenoxy) is 3. The highest BCUT2D eigenvalue weighted by Crippen LogP contribution is 2.42. The molecule has 8 heteroatoms. The molecule has 3 rings (SSSR count). The van der Waals surface area contributed by atoms with Crippen molar-refractivity contribution in [2.75, 3.05) is 11.9 Å². The van der Waals surface area contributed by atoms with Crippen LogP contribution in [-0.4, -0.2) is 24.8 Å². The lowest BCUT2D eigenvalue weighted by molar-refractivity contribution is -0.286. The summed E-state index contributed by atoms with van der Waals surface area (Å²) in [5, 5.41) is 2.43. The van der Waals surface area contributed by atoms with E-state index in [1.54, 1.807) is 12.1 Å². The van der Waals surface area contributed by atoms with Crippen LogP contribution in [0.5, 0.6) is 11.5 Å². The van der Waals surface area contributed by atoms with Gasteiger partial charge in [-0.2, -0.15) is 0 Å². The number of halogens is 2. The number of esters is 1. The molecular formula is C18H15F2NO5. The van der Waals surface area contributed by atoms with Gasteiger partial charge in [0.15, 0.2) is 18.1 Å². The summed E-state index contributed by atoms with van der Waals surface area (Å²) in [4.78, 5) is 23.6. The number of amides is 1. The van der Waals surface area contributed by atoms with Gasteiger partial charge in [-0.3, -0.25) is 9.59 Å². The Bertz CT molecular complexity index is 836. The fourth-order valence-corrected chi connectivity index (χ4v) is 2.29. The first kappa shape index (κ1) is 17.7. The Kier molecular flexibility index (Phi) is 4.75. The van der Waals surface area contributed by atoms with Gasteiger partial charge in [0.1, 0.15) is 0 Å². The Morgan fingerprint density at radius 2 is 1.77 bits per heavy atom. The second kappa shape index (κ2) is 6.99.